The molecule has 1 aromatic rings. The quantitative estimate of drug-likeness (QED) is 0.886. The van der Waals surface area contributed by atoms with Gasteiger partial charge in [0.15, 0.2) is 5.96 Å². The monoisotopic (exact) mass is 343 g/mol. The van der Waals surface area contributed by atoms with Crippen molar-refractivity contribution in [3.63, 3.8) is 0 Å². The highest BCUT2D eigenvalue weighted by Gasteiger charge is 2.31. The van der Waals surface area contributed by atoms with E-state index >= 15 is 0 Å². The number of halogens is 2. The third-order valence-electron chi connectivity index (χ3n) is 2.67. The van der Waals surface area contributed by atoms with Crippen LogP contribution in [0.2, 0.25) is 5.02 Å². The number of hydrogen-bond acceptors (Lipinski definition) is 2. The van der Waals surface area contributed by atoms with Gasteiger partial charge in [-0.05, 0) is 18.1 Å². The van der Waals surface area contributed by atoms with Gasteiger partial charge in [-0.1, -0.05) is 47.4 Å². The standard InChI is InChI=1S/C13H15BrClN3O/c1-7(2)6-16-13-17-11(12(19)18-13)9-4-3-8(14)5-10(9)15/h3-5,7,11H,6H2,1-2H3,(H2,16,17,18,19). The van der Waals surface area contributed by atoms with Crippen LogP contribution in [0.3, 0.4) is 0 Å². The van der Waals surface area contributed by atoms with Gasteiger partial charge in [0, 0.05) is 21.6 Å². The molecule has 2 N–H and O–H groups in total. The molecule has 4 nitrogen and oxygen atoms in total. The molecule has 1 aliphatic rings. The van der Waals surface area contributed by atoms with Crippen LogP contribution in [0.5, 0.6) is 0 Å². The average molecular weight is 345 g/mol. The topological polar surface area (TPSA) is 53.5 Å². The molecule has 102 valence electrons. The molecule has 0 aliphatic carbocycles. The molecule has 1 amide bonds. The minimum Gasteiger partial charge on any atom is -0.340 e. The molecule has 6 heteroatoms. The largest absolute Gasteiger partial charge is 0.340 e. The van der Waals surface area contributed by atoms with Crippen LogP contribution in [-0.2, 0) is 4.79 Å². The van der Waals surface area contributed by atoms with Crippen molar-refractivity contribution in [1.29, 1.82) is 0 Å². The van der Waals surface area contributed by atoms with E-state index in [0.717, 1.165) is 10.0 Å². The van der Waals surface area contributed by atoms with Gasteiger partial charge in [-0.2, -0.15) is 0 Å². The van der Waals surface area contributed by atoms with Crippen molar-refractivity contribution in [2.75, 3.05) is 6.54 Å². The first-order valence-electron chi connectivity index (χ1n) is 6.04. The molecule has 1 saturated heterocycles. The number of guanidine groups is 1. The zero-order chi connectivity index (χ0) is 14.0. The maximum absolute atomic E-state index is 11.9. The fraction of sp³-hybridized carbons (Fsp3) is 0.385. The molecular formula is C13H15BrClN3O. The molecule has 0 aromatic heterocycles. The third-order valence-corrected chi connectivity index (χ3v) is 3.49. The predicted molar refractivity (Wildman–Crippen MR) is 80.3 cm³/mol. The van der Waals surface area contributed by atoms with Gasteiger partial charge in [-0.3, -0.25) is 15.1 Å². The zero-order valence-electron chi connectivity index (χ0n) is 10.7. The Labute approximate surface area is 125 Å². The number of carbonyl (C=O) groups excluding carboxylic acids is 1. The number of rotatable bonds is 3. The molecule has 0 radical (unpaired) electrons. The number of nitrogens with one attached hydrogen (secondary N) is 2. The van der Waals surface area contributed by atoms with E-state index in [1.165, 1.54) is 0 Å². The van der Waals surface area contributed by atoms with Gasteiger partial charge >= 0.3 is 0 Å². The van der Waals surface area contributed by atoms with Crippen LogP contribution in [0.15, 0.2) is 27.7 Å². The van der Waals surface area contributed by atoms with Gasteiger partial charge in [0.25, 0.3) is 5.91 Å². The van der Waals surface area contributed by atoms with Crippen LogP contribution in [0, 0.1) is 5.92 Å². The fourth-order valence-electron chi connectivity index (χ4n) is 1.74. The Morgan fingerprint density at radius 2 is 2.21 bits per heavy atom. The zero-order valence-corrected chi connectivity index (χ0v) is 13.0. The van der Waals surface area contributed by atoms with E-state index in [0.29, 0.717) is 23.4 Å². The van der Waals surface area contributed by atoms with Crippen molar-refractivity contribution in [2.24, 2.45) is 10.9 Å². The Hall–Kier alpha value is -1.07. The van der Waals surface area contributed by atoms with Gasteiger partial charge in [0.05, 0.1) is 0 Å². The minimum atomic E-state index is -0.480. The highest BCUT2D eigenvalue weighted by atomic mass is 79.9. The summed E-state index contributed by atoms with van der Waals surface area (Å²) >= 11 is 9.50. The molecule has 1 unspecified atom stereocenters. The van der Waals surface area contributed by atoms with Crippen molar-refractivity contribution in [2.45, 2.75) is 19.9 Å². The van der Waals surface area contributed by atoms with Crippen LogP contribution in [-0.4, -0.2) is 18.4 Å². The van der Waals surface area contributed by atoms with E-state index in [1.807, 2.05) is 12.1 Å². The maximum atomic E-state index is 11.9. The Balaban J connectivity index is 2.18. The summed E-state index contributed by atoms with van der Waals surface area (Å²) < 4.78 is 0.883. The second kappa shape index (κ2) is 5.92. The van der Waals surface area contributed by atoms with Crippen LogP contribution in [0.1, 0.15) is 25.5 Å². The first-order valence-corrected chi connectivity index (χ1v) is 7.21. The van der Waals surface area contributed by atoms with E-state index < -0.39 is 6.04 Å². The highest BCUT2D eigenvalue weighted by Crippen LogP contribution is 2.28. The number of hydrogen-bond donors (Lipinski definition) is 2. The molecule has 19 heavy (non-hydrogen) atoms. The molecule has 0 spiro atoms. The summed E-state index contributed by atoms with van der Waals surface area (Å²) in [4.78, 5) is 16.3. The van der Waals surface area contributed by atoms with E-state index in [2.05, 4.69) is 45.4 Å². The highest BCUT2D eigenvalue weighted by molar-refractivity contribution is 9.10. The van der Waals surface area contributed by atoms with Crippen LogP contribution >= 0.6 is 27.5 Å². The summed E-state index contributed by atoms with van der Waals surface area (Å²) in [6.07, 6.45) is 0. The Bertz CT molecular complexity index is 531. The third kappa shape index (κ3) is 3.48. The molecule has 1 aliphatic heterocycles. The lowest BCUT2D eigenvalue weighted by atomic mass is 10.1. The average Bonchev–Trinajstić information content (AvgIpc) is 2.68. The fourth-order valence-corrected chi connectivity index (χ4v) is 2.52. The van der Waals surface area contributed by atoms with Gasteiger partial charge in [0.2, 0.25) is 0 Å². The van der Waals surface area contributed by atoms with Crippen molar-refractivity contribution in [3.8, 4) is 0 Å². The number of amides is 1. The summed E-state index contributed by atoms with van der Waals surface area (Å²) in [5, 5.41) is 6.34. The lowest BCUT2D eigenvalue weighted by Gasteiger charge is -2.10. The molecule has 1 aromatic carbocycles. The number of nitrogens with zero attached hydrogens (tertiary/aromatic N) is 1. The van der Waals surface area contributed by atoms with Crippen LogP contribution < -0.4 is 10.6 Å². The summed E-state index contributed by atoms with van der Waals surface area (Å²) in [6, 6.07) is 4.98. The maximum Gasteiger partial charge on any atom is 0.253 e. The molecule has 2 rings (SSSR count). The Kier molecular flexibility index (Phi) is 4.47. The predicted octanol–water partition coefficient (Wildman–Crippen LogP) is 2.88. The van der Waals surface area contributed by atoms with Crippen molar-refractivity contribution in [1.82, 2.24) is 10.6 Å². The lowest BCUT2D eigenvalue weighted by molar-refractivity contribution is -0.120. The first kappa shape index (κ1) is 14.3. The molecular weight excluding hydrogens is 330 g/mol. The van der Waals surface area contributed by atoms with Crippen LogP contribution in [0.4, 0.5) is 0 Å². The van der Waals surface area contributed by atoms with Crippen LogP contribution in [0.25, 0.3) is 0 Å². The molecule has 1 atom stereocenters. The van der Waals surface area contributed by atoms with Crippen molar-refractivity contribution >= 4 is 39.4 Å². The molecule has 0 saturated carbocycles. The Morgan fingerprint density at radius 1 is 1.47 bits per heavy atom. The van der Waals surface area contributed by atoms with E-state index in [1.54, 1.807) is 6.07 Å². The minimum absolute atomic E-state index is 0.133. The van der Waals surface area contributed by atoms with Gasteiger partial charge in [-0.25, -0.2) is 0 Å². The number of carbonyl (C=O) groups is 1. The summed E-state index contributed by atoms with van der Waals surface area (Å²) in [7, 11) is 0. The van der Waals surface area contributed by atoms with Crippen molar-refractivity contribution in [3.05, 3.63) is 33.3 Å². The number of benzene rings is 1. The van der Waals surface area contributed by atoms with E-state index in [4.69, 9.17) is 11.6 Å². The Morgan fingerprint density at radius 3 is 2.84 bits per heavy atom. The normalized spacial score (nSPS) is 20.8. The molecule has 1 heterocycles. The summed E-state index contributed by atoms with van der Waals surface area (Å²) in [5.41, 5.74) is 0.747. The van der Waals surface area contributed by atoms with Gasteiger partial charge in [-0.15, -0.1) is 0 Å². The lowest BCUT2D eigenvalue weighted by Crippen LogP contribution is -2.26. The van der Waals surface area contributed by atoms with E-state index in [9.17, 15) is 4.79 Å². The molecule has 0 bridgehead atoms. The van der Waals surface area contributed by atoms with Gasteiger partial charge in [0.1, 0.15) is 6.04 Å². The second-order valence-electron chi connectivity index (χ2n) is 4.82. The summed E-state index contributed by atoms with van der Waals surface area (Å²) in [6.45, 7) is 4.82. The number of aliphatic imine (C=N–C) groups is 1. The van der Waals surface area contributed by atoms with Crippen molar-refractivity contribution < 1.29 is 4.79 Å². The molecule has 1 fully saturated rings. The first-order chi connectivity index (χ1) is 8.97. The summed E-state index contributed by atoms with van der Waals surface area (Å²) in [5.74, 6) is 0.830. The van der Waals surface area contributed by atoms with E-state index in [-0.39, 0.29) is 5.91 Å². The SMILES string of the molecule is CC(C)CN=C1NC(=O)C(c2ccc(Br)cc2Cl)N1. The smallest absolute Gasteiger partial charge is 0.253 e. The van der Waals surface area contributed by atoms with Gasteiger partial charge < -0.3 is 5.32 Å². The second-order valence-corrected chi connectivity index (χ2v) is 6.14.